The lowest BCUT2D eigenvalue weighted by atomic mass is 10.4. The van der Waals surface area contributed by atoms with E-state index in [9.17, 15) is 0 Å². The number of nitrogens with zero attached hydrogens (tertiary/aromatic N) is 4. The van der Waals surface area contributed by atoms with E-state index in [0.29, 0.717) is 5.95 Å². The summed E-state index contributed by atoms with van der Waals surface area (Å²) < 4.78 is 1.81. The van der Waals surface area contributed by atoms with Crippen LogP contribution < -0.4 is 10.2 Å². The second kappa shape index (κ2) is 3.17. The SMILES string of the molecule is CNc1nc(N(C)C)c2cccn2n1. The summed E-state index contributed by atoms with van der Waals surface area (Å²) in [6.45, 7) is 0. The van der Waals surface area contributed by atoms with E-state index in [1.807, 2.05) is 48.9 Å². The molecule has 5 nitrogen and oxygen atoms in total. The van der Waals surface area contributed by atoms with Crippen molar-refractivity contribution in [3.8, 4) is 0 Å². The van der Waals surface area contributed by atoms with Gasteiger partial charge in [0.25, 0.3) is 0 Å². The van der Waals surface area contributed by atoms with Crippen LogP contribution in [0, 0.1) is 0 Å². The summed E-state index contributed by atoms with van der Waals surface area (Å²) in [6.07, 6.45) is 1.91. The zero-order valence-corrected chi connectivity index (χ0v) is 8.52. The molecule has 0 spiro atoms. The molecule has 0 saturated carbocycles. The van der Waals surface area contributed by atoms with Crippen molar-refractivity contribution in [2.75, 3.05) is 31.4 Å². The average molecular weight is 191 g/mol. The zero-order valence-electron chi connectivity index (χ0n) is 8.52. The minimum atomic E-state index is 0.623. The van der Waals surface area contributed by atoms with E-state index in [0.717, 1.165) is 11.3 Å². The largest absolute Gasteiger partial charge is 0.361 e. The fourth-order valence-corrected chi connectivity index (χ4v) is 1.35. The molecule has 0 bridgehead atoms. The van der Waals surface area contributed by atoms with Crippen molar-refractivity contribution in [1.82, 2.24) is 14.6 Å². The van der Waals surface area contributed by atoms with Gasteiger partial charge in [-0.1, -0.05) is 0 Å². The fourth-order valence-electron chi connectivity index (χ4n) is 1.35. The zero-order chi connectivity index (χ0) is 10.1. The first-order valence-corrected chi connectivity index (χ1v) is 4.43. The summed E-state index contributed by atoms with van der Waals surface area (Å²) in [7, 11) is 5.74. The highest BCUT2D eigenvalue weighted by Gasteiger charge is 2.07. The van der Waals surface area contributed by atoms with Crippen LogP contribution in [-0.2, 0) is 0 Å². The molecule has 0 aliphatic heterocycles. The molecule has 1 N–H and O–H groups in total. The highest BCUT2D eigenvalue weighted by atomic mass is 15.3. The summed E-state index contributed by atoms with van der Waals surface area (Å²) in [5.74, 6) is 1.53. The Balaban J connectivity index is 2.70. The van der Waals surface area contributed by atoms with E-state index in [2.05, 4.69) is 15.4 Å². The highest BCUT2D eigenvalue weighted by Crippen LogP contribution is 2.17. The van der Waals surface area contributed by atoms with Crippen molar-refractivity contribution < 1.29 is 0 Å². The smallest absolute Gasteiger partial charge is 0.242 e. The van der Waals surface area contributed by atoms with Gasteiger partial charge in [-0.3, -0.25) is 0 Å². The first-order valence-electron chi connectivity index (χ1n) is 4.43. The Morgan fingerprint density at radius 2 is 2.21 bits per heavy atom. The van der Waals surface area contributed by atoms with Crippen molar-refractivity contribution in [3.63, 3.8) is 0 Å². The number of aromatic nitrogens is 3. The molecule has 0 aromatic carbocycles. The number of anilines is 2. The van der Waals surface area contributed by atoms with Gasteiger partial charge in [-0.15, -0.1) is 5.10 Å². The maximum atomic E-state index is 4.37. The van der Waals surface area contributed by atoms with Gasteiger partial charge in [0.05, 0.1) is 0 Å². The van der Waals surface area contributed by atoms with Gasteiger partial charge >= 0.3 is 0 Å². The molecule has 5 heteroatoms. The Kier molecular flexibility index (Phi) is 1.99. The number of hydrogen-bond acceptors (Lipinski definition) is 4. The van der Waals surface area contributed by atoms with Crippen LogP contribution >= 0.6 is 0 Å². The van der Waals surface area contributed by atoms with Crippen LogP contribution in [0.3, 0.4) is 0 Å². The highest BCUT2D eigenvalue weighted by molar-refractivity contribution is 5.69. The second-order valence-electron chi connectivity index (χ2n) is 3.24. The first kappa shape index (κ1) is 8.80. The van der Waals surface area contributed by atoms with E-state index in [1.165, 1.54) is 0 Å². The van der Waals surface area contributed by atoms with E-state index in [-0.39, 0.29) is 0 Å². The van der Waals surface area contributed by atoms with Gasteiger partial charge in [0.1, 0.15) is 5.52 Å². The lowest BCUT2D eigenvalue weighted by Gasteiger charge is -2.13. The average Bonchev–Trinajstić information content (AvgIpc) is 2.63. The van der Waals surface area contributed by atoms with Crippen molar-refractivity contribution in [2.45, 2.75) is 0 Å². The molecule has 0 saturated heterocycles. The third-order valence-electron chi connectivity index (χ3n) is 2.02. The summed E-state index contributed by atoms with van der Waals surface area (Å²) >= 11 is 0. The van der Waals surface area contributed by atoms with Gasteiger partial charge < -0.3 is 10.2 Å². The number of hydrogen-bond donors (Lipinski definition) is 1. The molecule has 0 radical (unpaired) electrons. The fraction of sp³-hybridized carbons (Fsp3) is 0.333. The predicted octanol–water partition coefficient (Wildman–Crippen LogP) is 0.837. The van der Waals surface area contributed by atoms with Crippen LogP contribution in [0.2, 0.25) is 0 Å². The van der Waals surface area contributed by atoms with Gasteiger partial charge in [0.15, 0.2) is 5.82 Å². The molecule has 2 heterocycles. The Labute approximate surface area is 82.4 Å². The van der Waals surface area contributed by atoms with Gasteiger partial charge in [0, 0.05) is 27.3 Å². The Bertz CT molecular complexity index is 445. The third kappa shape index (κ3) is 1.26. The maximum absolute atomic E-state index is 4.37. The predicted molar refractivity (Wildman–Crippen MR) is 56.9 cm³/mol. The topological polar surface area (TPSA) is 45.5 Å². The molecular formula is C9H13N5. The van der Waals surface area contributed by atoms with Crippen molar-refractivity contribution in [2.24, 2.45) is 0 Å². The number of fused-ring (bicyclic) bond motifs is 1. The summed E-state index contributed by atoms with van der Waals surface area (Å²) in [5, 5.41) is 7.20. The molecule has 0 atom stereocenters. The van der Waals surface area contributed by atoms with Gasteiger partial charge in [0.2, 0.25) is 5.95 Å². The molecule has 2 aromatic rings. The molecule has 74 valence electrons. The lowest BCUT2D eigenvalue weighted by molar-refractivity contribution is 0.894. The molecule has 0 aliphatic rings. The maximum Gasteiger partial charge on any atom is 0.242 e. The molecule has 0 aliphatic carbocycles. The third-order valence-corrected chi connectivity index (χ3v) is 2.02. The van der Waals surface area contributed by atoms with Crippen LogP contribution in [0.15, 0.2) is 18.3 Å². The monoisotopic (exact) mass is 191 g/mol. The Hall–Kier alpha value is -1.78. The number of rotatable bonds is 2. The molecular weight excluding hydrogens is 178 g/mol. The van der Waals surface area contributed by atoms with Crippen LogP contribution in [-0.4, -0.2) is 35.7 Å². The van der Waals surface area contributed by atoms with Gasteiger partial charge in [-0.25, -0.2) is 4.52 Å². The molecule has 0 amide bonds. The Morgan fingerprint density at radius 1 is 1.43 bits per heavy atom. The molecule has 14 heavy (non-hydrogen) atoms. The van der Waals surface area contributed by atoms with E-state index in [4.69, 9.17) is 0 Å². The minimum Gasteiger partial charge on any atom is -0.361 e. The van der Waals surface area contributed by atoms with Crippen LogP contribution in [0.25, 0.3) is 5.52 Å². The second-order valence-corrected chi connectivity index (χ2v) is 3.24. The normalized spacial score (nSPS) is 10.5. The summed E-state index contributed by atoms with van der Waals surface area (Å²) in [4.78, 5) is 6.34. The van der Waals surface area contributed by atoms with Gasteiger partial charge in [-0.05, 0) is 12.1 Å². The summed E-state index contributed by atoms with van der Waals surface area (Å²) in [5.41, 5.74) is 1.01. The summed E-state index contributed by atoms with van der Waals surface area (Å²) in [6, 6.07) is 3.95. The number of nitrogens with one attached hydrogen (secondary N) is 1. The lowest BCUT2D eigenvalue weighted by Crippen LogP contribution is -2.14. The molecule has 0 fully saturated rings. The van der Waals surface area contributed by atoms with E-state index >= 15 is 0 Å². The van der Waals surface area contributed by atoms with E-state index < -0.39 is 0 Å². The van der Waals surface area contributed by atoms with E-state index in [1.54, 1.807) is 0 Å². The van der Waals surface area contributed by atoms with Crippen LogP contribution in [0.5, 0.6) is 0 Å². The van der Waals surface area contributed by atoms with Crippen molar-refractivity contribution in [1.29, 1.82) is 0 Å². The van der Waals surface area contributed by atoms with Crippen LogP contribution in [0.4, 0.5) is 11.8 Å². The molecule has 0 unspecified atom stereocenters. The van der Waals surface area contributed by atoms with Crippen molar-refractivity contribution >= 4 is 17.3 Å². The quantitative estimate of drug-likeness (QED) is 0.764. The standard InChI is InChI=1S/C9H13N5/c1-10-9-11-8(13(2)3)7-5-4-6-14(7)12-9/h4-6H,1-3H3,(H,10,12). The van der Waals surface area contributed by atoms with Crippen molar-refractivity contribution in [3.05, 3.63) is 18.3 Å². The molecule has 2 aromatic heterocycles. The van der Waals surface area contributed by atoms with Gasteiger partial charge in [-0.2, -0.15) is 4.98 Å². The minimum absolute atomic E-state index is 0.623. The van der Waals surface area contributed by atoms with Crippen LogP contribution in [0.1, 0.15) is 0 Å². The first-order chi connectivity index (χ1) is 6.72. The Morgan fingerprint density at radius 3 is 2.86 bits per heavy atom. The molecule has 2 rings (SSSR count).